The minimum absolute atomic E-state index is 0.0283. The van der Waals surface area contributed by atoms with E-state index in [9.17, 15) is 28.0 Å². The SMILES string of the molecule is CSCC(=O)N1CC(NC(=O)Nc2ccc(F)cc2F)CC1C(=O)NC(Cc1c[nH]c2ccccc12)C(N)=O. The van der Waals surface area contributed by atoms with Gasteiger partial charge < -0.3 is 31.6 Å². The molecule has 3 aromatic rings. The van der Waals surface area contributed by atoms with Gasteiger partial charge in [0.1, 0.15) is 23.7 Å². The summed E-state index contributed by atoms with van der Waals surface area (Å²) in [4.78, 5) is 55.3. The molecule has 1 fully saturated rings. The van der Waals surface area contributed by atoms with Crippen molar-refractivity contribution in [2.75, 3.05) is 23.9 Å². The summed E-state index contributed by atoms with van der Waals surface area (Å²) in [5.41, 5.74) is 7.05. The number of nitrogens with two attached hydrogens (primary N) is 1. The van der Waals surface area contributed by atoms with E-state index in [2.05, 4.69) is 20.9 Å². The van der Waals surface area contributed by atoms with Gasteiger partial charge in [0.25, 0.3) is 0 Å². The van der Waals surface area contributed by atoms with Crippen LogP contribution >= 0.6 is 11.8 Å². The molecule has 5 amide bonds. The van der Waals surface area contributed by atoms with E-state index in [-0.39, 0.29) is 36.7 Å². The number of nitrogens with zero attached hydrogens (tertiary/aromatic N) is 1. The highest BCUT2D eigenvalue weighted by atomic mass is 32.2. The predicted octanol–water partition coefficient (Wildman–Crippen LogP) is 2.11. The zero-order valence-corrected chi connectivity index (χ0v) is 21.8. The number of H-pyrrole nitrogens is 1. The van der Waals surface area contributed by atoms with Gasteiger partial charge in [-0.15, -0.1) is 0 Å². The number of aromatic amines is 1. The summed E-state index contributed by atoms with van der Waals surface area (Å²) >= 11 is 1.28. The lowest BCUT2D eigenvalue weighted by Gasteiger charge is -2.25. The van der Waals surface area contributed by atoms with Crippen molar-refractivity contribution in [3.05, 3.63) is 65.9 Å². The van der Waals surface area contributed by atoms with E-state index in [1.807, 2.05) is 24.3 Å². The number of fused-ring (bicyclic) bond motifs is 1. The van der Waals surface area contributed by atoms with E-state index < -0.39 is 47.6 Å². The second-order valence-electron chi connectivity index (χ2n) is 9.18. The van der Waals surface area contributed by atoms with Crippen molar-refractivity contribution >= 4 is 52.1 Å². The Balaban J connectivity index is 1.45. The lowest BCUT2D eigenvalue weighted by atomic mass is 10.0. The van der Waals surface area contributed by atoms with Gasteiger partial charge in [0, 0.05) is 36.1 Å². The van der Waals surface area contributed by atoms with E-state index in [4.69, 9.17) is 5.73 Å². The van der Waals surface area contributed by atoms with Gasteiger partial charge in [-0.25, -0.2) is 13.6 Å². The van der Waals surface area contributed by atoms with Crippen molar-refractivity contribution < 1.29 is 28.0 Å². The van der Waals surface area contributed by atoms with Crippen LogP contribution in [0.4, 0.5) is 19.3 Å². The first-order valence-corrected chi connectivity index (χ1v) is 13.5. The summed E-state index contributed by atoms with van der Waals surface area (Å²) in [5.74, 6) is -3.25. The summed E-state index contributed by atoms with van der Waals surface area (Å²) in [5, 5.41) is 8.49. The first-order valence-electron chi connectivity index (χ1n) is 12.1. The number of primary amides is 1. The average molecular weight is 559 g/mol. The number of carbonyl (C=O) groups excluding carboxylic acids is 4. The van der Waals surface area contributed by atoms with Gasteiger partial charge >= 0.3 is 6.03 Å². The number of hydrogen-bond donors (Lipinski definition) is 5. The number of likely N-dealkylation sites (tertiary alicyclic amines) is 1. The van der Waals surface area contributed by atoms with Gasteiger partial charge in [0.2, 0.25) is 17.7 Å². The number of para-hydroxylation sites is 1. The van der Waals surface area contributed by atoms with E-state index >= 15 is 0 Å². The molecule has 206 valence electrons. The molecule has 2 aromatic carbocycles. The molecule has 1 aliphatic heterocycles. The van der Waals surface area contributed by atoms with Crippen LogP contribution in [0.15, 0.2) is 48.7 Å². The minimum Gasteiger partial charge on any atom is -0.368 e. The molecule has 2 heterocycles. The Labute approximate surface area is 227 Å². The quantitative estimate of drug-likeness (QED) is 0.273. The maximum Gasteiger partial charge on any atom is 0.319 e. The van der Waals surface area contributed by atoms with E-state index in [0.29, 0.717) is 6.07 Å². The molecular weight excluding hydrogens is 530 g/mol. The number of halogens is 2. The number of thioether (sulfide) groups is 1. The number of benzene rings is 2. The topological polar surface area (TPSA) is 149 Å². The van der Waals surface area contributed by atoms with Gasteiger partial charge in [0.15, 0.2) is 0 Å². The first kappa shape index (κ1) is 27.9. The Morgan fingerprint density at radius 2 is 1.95 bits per heavy atom. The van der Waals surface area contributed by atoms with Crippen LogP contribution < -0.4 is 21.7 Å². The Kier molecular flexibility index (Phi) is 8.69. The Morgan fingerprint density at radius 1 is 1.18 bits per heavy atom. The van der Waals surface area contributed by atoms with Crippen molar-refractivity contribution in [2.24, 2.45) is 5.73 Å². The van der Waals surface area contributed by atoms with Crippen molar-refractivity contribution in [1.82, 2.24) is 20.5 Å². The molecule has 0 radical (unpaired) electrons. The standard InChI is InChI=1S/C26H28F2N6O4S/c1-39-13-23(35)34-12-16(31-26(38)33-20-7-6-15(27)9-18(20)28)10-22(34)25(37)32-21(24(29)36)8-14-11-30-19-5-3-2-4-17(14)19/h2-7,9,11,16,21-22,30H,8,10,12-13H2,1H3,(H2,29,36)(H,32,37)(H2,31,33,38). The lowest BCUT2D eigenvalue weighted by Crippen LogP contribution is -2.53. The summed E-state index contributed by atoms with van der Waals surface area (Å²) < 4.78 is 27.1. The fourth-order valence-corrected chi connectivity index (χ4v) is 5.03. The third-order valence-corrected chi connectivity index (χ3v) is 7.00. The van der Waals surface area contributed by atoms with Crippen LogP contribution in [0.3, 0.4) is 0 Å². The maximum absolute atomic E-state index is 13.9. The number of aromatic nitrogens is 1. The molecule has 39 heavy (non-hydrogen) atoms. The first-order chi connectivity index (χ1) is 18.7. The fourth-order valence-electron chi connectivity index (χ4n) is 4.62. The summed E-state index contributed by atoms with van der Waals surface area (Å²) in [6, 6.07) is 6.81. The van der Waals surface area contributed by atoms with Crippen LogP contribution in [0, 0.1) is 11.6 Å². The van der Waals surface area contributed by atoms with E-state index in [0.717, 1.165) is 28.6 Å². The molecule has 4 rings (SSSR count). The monoisotopic (exact) mass is 558 g/mol. The number of hydrogen-bond acceptors (Lipinski definition) is 5. The summed E-state index contributed by atoms with van der Waals surface area (Å²) in [7, 11) is 0. The molecular formula is C26H28F2N6O4S. The molecule has 3 atom stereocenters. The van der Waals surface area contributed by atoms with Crippen LogP contribution in [-0.4, -0.2) is 70.3 Å². The van der Waals surface area contributed by atoms with Crippen molar-refractivity contribution in [1.29, 1.82) is 0 Å². The molecule has 1 aliphatic rings. The number of nitrogens with one attached hydrogen (secondary N) is 4. The zero-order chi connectivity index (χ0) is 28.1. The van der Waals surface area contributed by atoms with Crippen LogP contribution in [0.5, 0.6) is 0 Å². The average Bonchev–Trinajstić information content (AvgIpc) is 3.50. The lowest BCUT2D eigenvalue weighted by molar-refractivity contribution is -0.137. The van der Waals surface area contributed by atoms with Gasteiger partial charge in [0.05, 0.1) is 17.5 Å². The predicted molar refractivity (Wildman–Crippen MR) is 144 cm³/mol. The minimum atomic E-state index is -1.04. The number of amides is 5. The van der Waals surface area contributed by atoms with E-state index in [1.54, 1.807) is 12.5 Å². The number of urea groups is 1. The van der Waals surface area contributed by atoms with Gasteiger partial charge in [-0.3, -0.25) is 14.4 Å². The van der Waals surface area contributed by atoms with Gasteiger partial charge in [-0.05, 0) is 36.4 Å². The second-order valence-corrected chi connectivity index (χ2v) is 10.0. The fraction of sp³-hybridized carbons (Fsp3) is 0.308. The molecule has 10 nitrogen and oxygen atoms in total. The highest BCUT2D eigenvalue weighted by Crippen LogP contribution is 2.22. The molecule has 0 bridgehead atoms. The van der Waals surface area contributed by atoms with Crippen LogP contribution in [0.25, 0.3) is 10.9 Å². The van der Waals surface area contributed by atoms with Crippen molar-refractivity contribution in [3.63, 3.8) is 0 Å². The van der Waals surface area contributed by atoms with Crippen LogP contribution in [0.2, 0.25) is 0 Å². The Hall–Kier alpha value is -4.13. The smallest absolute Gasteiger partial charge is 0.319 e. The molecule has 1 aromatic heterocycles. The molecule has 1 saturated heterocycles. The van der Waals surface area contributed by atoms with Crippen molar-refractivity contribution in [3.8, 4) is 0 Å². The molecule has 0 saturated carbocycles. The molecule has 0 spiro atoms. The third-order valence-electron chi connectivity index (χ3n) is 6.47. The van der Waals surface area contributed by atoms with Gasteiger partial charge in [-0.2, -0.15) is 11.8 Å². The number of anilines is 1. The molecule has 6 N–H and O–H groups in total. The normalized spacial score (nSPS) is 17.6. The number of carbonyl (C=O) groups is 4. The number of rotatable bonds is 9. The maximum atomic E-state index is 13.9. The second kappa shape index (κ2) is 12.2. The largest absolute Gasteiger partial charge is 0.368 e. The Bertz CT molecular complexity index is 1400. The molecule has 0 aliphatic carbocycles. The van der Waals surface area contributed by atoms with Gasteiger partial charge in [-0.1, -0.05) is 18.2 Å². The molecule has 3 unspecified atom stereocenters. The highest BCUT2D eigenvalue weighted by Gasteiger charge is 2.41. The summed E-state index contributed by atoms with van der Waals surface area (Å²) in [6.45, 7) is 0.0283. The van der Waals surface area contributed by atoms with Crippen LogP contribution in [-0.2, 0) is 20.8 Å². The van der Waals surface area contributed by atoms with Crippen molar-refractivity contribution in [2.45, 2.75) is 31.0 Å². The highest BCUT2D eigenvalue weighted by molar-refractivity contribution is 7.99. The molecule has 13 heteroatoms. The van der Waals surface area contributed by atoms with E-state index in [1.165, 1.54) is 16.7 Å². The zero-order valence-electron chi connectivity index (χ0n) is 21.0. The van der Waals surface area contributed by atoms with Crippen LogP contribution in [0.1, 0.15) is 12.0 Å². The summed E-state index contributed by atoms with van der Waals surface area (Å²) in [6.07, 6.45) is 3.70. The Morgan fingerprint density at radius 3 is 2.67 bits per heavy atom. The third kappa shape index (κ3) is 6.66.